The molecule has 2 rings (SSSR count). The zero-order valence-electron chi connectivity index (χ0n) is 27.2. The Morgan fingerprint density at radius 2 is 1.38 bits per heavy atom. The van der Waals surface area contributed by atoms with Crippen LogP contribution in [0, 0.1) is 0 Å². The summed E-state index contributed by atoms with van der Waals surface area (Å²) in [5.74, 6) is -5.67. The zero-order valence-corrected chi connectivity index (χ0v) is 27.2. The summed E-state index contributed by atoms with van der Waals surface area (Å²) in [6.07, 6.45) is 2.19. The first-order chi connectivity index (χ1) is 22.7. The van der Waals surface area contributed by atoms with Gasteiger partial charge in [-0.2, -0.15) is 0 Å². The second kappa shape index (κ2) is 19.0. The van der Waals surface area contributed by atoms with Crippen molar-refractivity contribution in [1.82, 2.24) is 36.4 Å². The molecule has 0 aromatic carbocycles. The number of hydrogen-bond donors (Lipinski definition) is 9. The van der Waals surface area contributed by atoms with Crippen LogP contribution in [-0.4, -0.2) is 138 Å². The van der Waals surface area contributed by atoms with E-state index in [4.69, 9.17) is 17.2 Å². The Morgan fingerprint density at radius 1 is 0.792 bits per heavy atom. The first-order valence-corrected chi connectivity index (χ1v) is 15.7. The summed E-state index contributed by atoms with van der Waals surface area (Å²) in [5, 5.41) is 21.5. The van der Waals surface area contributed by atoms with E-state index in [0.717, 1.165) is 0 Å². The molecule has 7 amide bonds. The van der Waals surface area contributed by atoms with Crippen LogP contribution in [0.5, 0.6) is 0 Å². The Morgan fingerprint density at radius 3 is 1.98 bits per heavy atom. The highest BCUT2D eigenvalue weighted by Gasteiger charge is 2.35. The smallest absolute Gasteiger partial charge is 0.326 e. The average molecular weight is 682 g/mol. The highest BCUT2D eigenvalue weighted by molar-refractivity contribution is 5.96. The number of guanidine groups is 1. The predicted octanol–water partition coefficient (Wildman–Crippen LogP) is -5.21. The molecule has 12 N–H and O–H groups in total. The Kier molecular flexibility index (Phi) is 15.5. The number of aliphatic imine (C=N–C) groups is 1. The van der Waals surface area contributed by atoms with Gasteiger partial charge in [0.15, 0.2) is 5.96 Å². The number of amides is 7. The van der Waals surface area contributed by atoms with Crippen molar-refractivity contribution >= 4 is 53.3 Å². The molecule has 5 atom stereocenters. The van der Waals surface area contributed by atoms with Gasteiger partial charge in [0.1, 0.15) is 30.2 Å². The third-order valence-corrected chi connectivity index (χ3v) is 7.85. The second-order valence-electron chi connectivity index (χ2n) is 11.5. The molecule has 0 saturated carbocycles. The summed E-state index contributed by atoms with van der Waals surface area (Å²) >= 11 is 0. The highest BCUT2D eigenvalue weighted by Crippen LogP contribution is 2.18. The molecule has 2 fully saturated rings. The number of carboxylic acids is 1. The molecule has 2 heterocycles. The number of carbonyl (C=O) groups excluding carboxylic acids is 7. The van der Waals surface area contributed by atoms with Gasteiger partial charge in [0.25, 0.3) is 0 Å². The van der Waals surface area contributed by atoms with Gasteiger partial charge in [-0.3, -0.25) is 38.6 Å². The fraction of sp³-hybridized carbons (Fsp3) is 0.679. The Labute approximate surface area is 277 Å². The van der Waals surface area contributed by atoms with Gasteiger partial charge in [0, 0.05) is 19.6 Å². The van der Waals surface area contributed by atoms with E-state index in [1.165, 1.54) is 23.6 Å². The predicted molar refractivity (Wildman–Crippen MR) is 169 cm³/mol. The van der Waals surface area contributed by atoms with Crippen LogP contribution in [0.25, 0.3) is 0 Å². The van der Waals surface area contributed by atoms with Crippen molar-refractivity contribution in [3.63, 3.8) is 0 Å². The van der Waals surface area contributed by atoms with Crippen molar-refractivity contribution in [3.8, 4) is 0 Å². The van der Waals surface area contributed by atoms with E-state index in [2.05, 4.69) is 31.6 Å². The molecule has 2 aliphatic heterocycles. The quantitative estimate of drug-likeness (QED) is 0.0395. The number of carbonyl (C=O) groups is 8. The first kappa shape index (κ1) is 39.2. The zero-order chi connectivity index (χ0) is 36.0. The molecule has 268 valence electrons. The monoisotopic (exact) mass is 681 g/mol. The number of aliphatic carboxylic acids is 1. The Hall–Kier alpha value is -5.01. The van der Waals surface area contributed by atoms with Gasteiger partial charge in [0.2, 0.25) is 41.4 Å². The molecule has 0 radical (unpaired) electrons. The lowest BCUT2D eigenvalue weighted by atomic mass is 10.1. The topological polar surface area (TPSA) is 314 Å². The number of nitrogens with two attached hydrogens (primary N) is 3. The van der Waals surface area contributed by atoms with Crippen LogP contribution in [0.2, 0.25) is 0 Å². The van der Waals surface area contributed by atoms with Crippen molar-refractivity contribution in [2.75, 3.05) is 39.3 Å². The maximum absolute atomic E-state index is 13.0. The lowest BCUT2D eigenvalue weighted by molar-refractivity contribution is -0.148. The molecule has 0 aromatic rings. The van der Waals surface area contributed by atoms with Crippen LogP contribution < -0.4 is 43.8 Å². The van der Waals surface area contributed by atoms with Crippen LogP contribution in [0.4, 0.5) is 0 Å². The van der Waals surface area contributed by atoms with Gasteiger partial charge in [-0.1, -0.05) is 0 Å². The van der Waals surface area contributed by atoms with Gasteiger partial charge in [-0.25, -0.2) is 4.79 Å². The van der Waals surface area contributed by atoms with Gasteiger partial charge in [-0.15, -0.1) is 0 Å². The fourth-order valence-corrected chi connectivity index (χ4v) is 5.29. The normalized spacial score (nSPS) is 18.9. The van der Waals surface area contributed by atoms with E-state index >= 15 is 0 Å². The minimum atomic E-state index is -1.16. The summed E-state index contributed by atoms with van der Waals surface area (Å²) in [7, 11) is 0. The molecule has 0 aliphatic carbocycles. The molecule has 2 saturated heterocycles. The van der Waals surface area contributed by atoms with E-state index in [9.17, 15) is 43.5 Å². The minimum Gasteiger partial charge on any atom is -0.480 e. The number of rotatable bonds is 17. The van der Waals surface area contributed by atoms with E-state index in [0.29, 0.717) is 32.2 Å². The molecule has 48 heavy (non-hydrogen) atoms. The maximum Gasteiger partial charge on any atom is 0.326 e. The molecule has 20 nitrogen and oxygen atoms in total. The highest BCUT2D eigenvalue weighted by atomic mass is 16.4. The van der Waals surface area contributed by atoms with Crippen molar-refractivity contribution < 1.29 is 43.5 Å². The number of carboxylic acid groups (broad SMARTS) is 1. The molecule has 0 aromatic heterocycles. The third-order valence-electron chi connectivity index (χ3n) is 7.85. The van der Waals surface area contributed by atoms with Gasteiger partial charge < -0.3 is 58.7 Å². The van der Waals surface area contributed by atoms with Crippen LogP contribution in [0.15, 0.2) is 4.99 Å². The minimum absolute atomic E-state index is 0.0589. The van der Waals surface area contributed by atoms with Gasteiger partial charge >= 0.3 is 5.97 Å². The molecule has 20 heteroatoms. The Bertz CT molecular complexity index is 1260. The summed E-state index contributed by atoms with van der Waals surface area (Å²) in [5.41, 5.74) is 16.1. The summed E-state index contributed by atoms with van der Waals surface area (Å²) in [4.78, 5) is 106. The lowest BCUT2D eigenvalue weighted by Gasteiger charge is -2.25. The maximum atomic E-state index is 13.0. The number of nitrogens with zero attached hydrogens (tertiary/aromatic N) is 3. The molecular weight excluding hydrogens is 634 g/mol. The van der Waals surface area contributed by atoms with Crippen molar-refractivity contribution in [2.45, 2.75) is 82.6 Å². The van der Waals surface area contributed by atoms with Crippen molar-refractivity contribution in [1.29, 1.82) is 0 Å². The van der Waals surface area contributed by atoms with Crippen LogP contribution in [-0.2, 0) is 38.4 Å². The van der Waals surface area contributed by atoms with Gasteiger partial charge in [-0.05, 0) is 52.4 Å². The summed E-state index contributed by atoms with van der Waals surface area (Å²) in [6.45, 7) is 2.27. The van der Waals surface area contributed by atoms with E-state index in [1.54, 1.807) is 0 Å². The van der Waals surface area contributed by atoms with Gasteiger partial charge in [0.05, 0.1) is 19.6 Å². The van der Waals surface area contributed by atoms with E-state index in [1.807, 2.05) is 0 Å². The standard InChI is InChI=1S/C28H47N11O9/c1-15(36-26(46)18-7-4-10-38(18)21(41)12-29)23(43)33-13-20(40)35-16(2)24(44)37-17(6-3-9-32-28(30)31)25(45)34-14-22(42)39-11-5-8-19(39)27(47)48/h15-19H,3-14,29H2,1-2H3,(H,33,43)(H,34,45)(H,35,40)(H,36,46)(H,37,44)(H,47,48)(H4,30,31,32). The first-order valence-electron chi connectivity index (χ1n) is 15.7. The van der Waals surface area contributed by atoms with Crippen LogP contribution in [0.3, 0.4) is 0 Å². The summed E-state index contributed by atoms with van der Waals surface area (Å²) in [6, 6.07) is -5.07. The molecule has 0 bridgehead atoms. The van der Waals surface area contributed by atoms with Crippen LogP contribution in [0.1, 0.15) is 52.4 Å². The number of likely N-dealkylation sites (tertiary alicyclic amines) is 2. The second-order valence-corrected chi connectivity index (χ2v) is 11.5. The Balaban J connectivity index is 1.88. The number of hydrogen-bond acceptors (Lipinski definition) is 10. The van der Waals surface area contributed by atoms with Crippen molar-refractivity contribution in [2.24, 2.45) is 22.2 Å². The molecule has 5 unspecified atom stereocenters. The fourth-order valence-electron chi connectivity index (χ4n) is 5.29. The molecule has 2 aliphatic rings. The van der Waals surface area contributed by atoms with E-state index in [-0.39, 0.29) is 44.3 Å². The third kappa shape index (κ3) is 12.0. The van der Waals surface area contributed by atoms with Crippen molar-refractivity contribution in [3.05, 3.63) is 0 Å². The average Bonchev–Trinajstić information content (AvgIpc) is 3.74. The van der Waals surface area contributed by atoms with E-state index < -0.39 is 84.7 Å². The molecular formula is C28H47N11O9. The lowest BCUT2D eigenvalue weighted by Crippen LogP contribution is -2.55. The number of nitrogens with one attached hydrogen (secondary N) is 5. The molecule has 0 spiro atoms. The SMILES string of the molecule is CC(NC(=O)CNC(=O)C(C)NC(=O)C1CCCN1C(=O)CN)C(=O)NC(CCCN=C(N)N)C(=O)NCC(=O)N1CCCC1C(=O)O. The summed E-state index contributed by atoms with van der Waals surface area (Å²) < 4.78 is 0. The van der Waals surface area contributed by atoms with Crippen LogP contribution >= 0.6 is 0 Å². The largest absolute Gasteiger partial charge is 0.480 e.